The molecule has 0 fully saturated rings. The average molecular weight is 406 g/mol. The summed E-state index contributed by atoms with van der Waals surface area (Å²) in [5.41, 5.74) is 4.16. The molecule has 0 aliphatic rings. The van der Waals surface area contributed by atoms with Crippen LogP contribution in [0.5, 0.6) is 5.75 Å². The van der Waals surface area contributed by atoms with Crippen LogP contribution in [0.2, 0.25) is 0 Å². The minimum atomic E-state index is 0.524. The topological polar surface area (TPSA) is 51.5 Å². The molecule has 5 heteroatoms. The molecule has 152 valence electrons. The van der Waals surface area contributed by atoms with Gasteiger partial charge in [-0.05, 0) is 29.3 Å². The molecule has 0 saturated carbocycles. The number of ether oxygens (including phenoxy) is 1. The summed E-state index contributed by atoms with van der Waals surface area (Å²) in [6, 6.07) is 30.4. The van der Waals surface area contributed by atoms with E-state index in [0.29, 0.717) is 18.9 Å². The van der Waals surface area contributed by atoms with Crippen LogP contribution in [-0.2, 0) is 13.2 Å². The van der Waals surface area contributed by atoms with Gasteiger partial charge < -0.3 is 10.1 Å². The molecule has 3 aromatic carbocycles. The zero-order chi connectivity index (χ0) is 20.9. The first kappa shape index (κ1) is 18.9. The zero-order valence-corrected chi connectivity index (χ0v) is 17.0. The van der Waals surface area contributed by atoms with Crippen LogP contribution in [0, 0.1) is 0 Å². The number of nitrogens with one attached hydrogen (secondary N) is 1. The largest absolute Gasteiger partial charge is 0.489 e. The third kappa shape index (κ3) is 4.26. The molecule has 0 aliphatic heterocycles. The second-order valence-corrected chi connectivity index (χ2v) is 7.24. The molecule has 2 heterocycles. The highest BCUT2D eigenvalue weighted by molar-refractivity contribution is 5.76. The Hall–Kier alpha value is -4.12. The molecule has 1 N–H and O–H groups in total. The molecule has 0 saturated heterocycles. The maximum Gasteiger partial charge on any atom is 0.235 e. The molecule has 0 bridgehead atoms. The predicted molar refractivity (Wildman–Crippen MR) is 123 cm³/mol. The lowest BCUT2D eigenvalue weighted by Crippen LogP contribution is -2.03. The van der Waals surface area contributed by atoms with Crippen molar-refractivity contribution in [2.75, 3.05) is 5.32 Å². The van der Waals surface area contributed by atoms with Gasteiger partial charge in [0, 0.05) is 24.5 Å². The van der Waals surface area contributed by atoms with Crippen molar-refractivity contribution in [3.63, 3.8) is 0 Å². The van der Waals surface area contributed by atoms with E-state index in [9.17, 15) is 0 Å². The van der Waals surface area contributed by atoms with E-state index in [4.69, 9.17) is 9.72 Å². The normalized spacial score (nSPS) is 10.8. The Kier molecular flexibility index (Phi) is 5.31. The number of aromatic nitrogens is 3. The van der Waals surface area contributed by atoms with Crippen molar-refractivity contribution in [2.24, 2.45) is 0 Å². The fourth-order valence-electron chi connectivity index (χ4n) is 3.51. The highest BCUT2D eigenvalue weighted by atomic mass is 16.5. The first-order valence-corrected chi connectivity index (χ1v) is 10.2. The van der Waals surface area contributed by atoms with Crippen LogP contribution in [0.3, 0.4) is 0 Å². The molecule has 2 aromatic heterocycles. The second kappa shape index (κ2) is 8.71. The van der Waals surface area contributed by atoms with Gasteiger partial charge in [-0.1, -0.05) is 72.8 Å². The lowest BCUT2D eigenvalue weighted by Gasteiger charge is -2.10. The summed E-state index contributed by atoms with van der Waals surface area (Å²) in [4.78, 5) is 9.21. The summed E-state index contributed by atoms with van der Waals surface area (Å²) in [5.74, 6) is 2.37. The van der Waals surface area contributed by atoms with Gasteiger partial charge in [-0.25, -0.2) is 9.97 Å². The maximum atomic E-state index is 6.03. The van der Waals surface area contributed by atoms with Crippen LogP contribution in [0.4, 0.5) is 5.82 Å². The van der Waals surface area contributed by atoms with Gasteiger partial charge in [0.2, 0.25) is 5.78 Å². The fourth-order valence-corrected chi connectivity index (χ4v) is 3.51. The van der Waals surface area contributed by atoms with Crippen LogP contribution in [0.15, 0.2) is 103 Å². The third-order valence-electron chi connectivity index (χ3n) is 5.06. The fraction of sp³-hybridized carbons (Fsp3) is 0.0769. The second-order valence-electron chi connectivity index (χ2n) is 7.24. The molecule has 0 radical (unpaired) electrons. The van der Waals surface area contributed by atoms with Gasteiger partial charge in [-0.2, -0.15) is 0 Å². The minimum Gasteiger partial charge on any atom is -0.489 e. The summed E-state index contributed by atoms with van der Waals surface area (Å²) in [5, 5.41) is 3.55. The Labute approximate surface area is 181 Å². The average Bonchev–Trinajstić information content (AvgIpc) is 3.22. The Morgan fingerprint density at radius 2 is 1.58 bits per heavy atom. The quantitative estimate of drug-likeness (QED) is 0.383. The third-order valence-corrected chi connectivity index (χ3v) is 5.06. The lowest BCUT2D eigenvalue weighted by atomic mass is 10.1. The monoisotopic (exact) mass is 406 g/mol. The zero-order valence-electron chi connectivity index (χ0n) is 17.0. The predicted octanol–water partition coefficient (Wildman–Crippen LogP) is 5.59. The Bertz CT molecular complexity index is 1280. The van der Waals surface area contributed by atoms with Gasteiger partial charge in [-0.15, -0.1) is 0 Å². The van der Waals surface area contributed by atoms with Gasteiger partial charge >= 0.3 is 0 Å². The molecule has 31 heavy (non-hydrogen) atoms. The highest BCUT2D eigenvalue weighted by Crippen LogP contribution is 2.31. The molecule has 0 atom stereocenters. The smallest absolute Gasteiger partial charge is 0.235 e. The molecule has 5 rings (SSSR count). The van der Waals surface area contributed by atoms with Gasteiger partial charge in [0.1, 0.15) is 23.9 Å². The number of rotatable bonds is 7. The number of imidazole rings is 1. The molecular formula is C26H22N4O. The summed E-state index contributed by atoms with van der Waals surface area (Å²) in [6.07, 6.45) is 3.73. The van der Waals surface area contributed by atoms with Crippen molar-refractivity contribution in [1.29, 1.82) is 0 Å². The molecule has 5 aromatic rings. The van der Waals surface area contributed by atoms with E-state index >= 15 is 0 Å². The lowest BCUT2D eigenvalue weighted by molar-refractivity contribution is 0.306. The SMILES string of the molecule is c1ccc(CNc2c(-c3cccc(OCc4ccccc4)c3)nc3ncccn23)cc1. The molecule has 0 amide bonds. The Balaban J connectivity index is 1.45. The summed E-state index contributed by atoms with van der Waals surface area (Å²) >= 11 is 0. The van der Waals surface area contributed by atoms with E-state index in [-0.39, 0.29) is 0 Å². The standard InChI is InChI=1S/C26H22N4O/c1-3-9-20(10-4-1)18-28-25-24(29-26-27-15-8-16-30(25)26)22-13-7-14-23(17-22)31-19-21-11-5-2-6-12-21/h1-17,28H,18-19H2. The molecule has 0 unspecified atom stereocenters. The van der Waals surface area contributed by atoms with Crippen LogP contribution >= 0.6 is 0 Å². The number of benzene rings is 3. The molecule has 0 aliphatic carbocycles. The summed E-state index contributed by atoms with van der Waals surface area (Å²) in [6.45, 7) is 1.22. The maximum absolute atomic E-state index is 6.03. The number of nitrogens with zero attached hydrogens (tertiary/aromatic N) is 3. The molecular weight excluding hydrogens is 384 g/mol. The van der Waals surface area contributed by atoms with E-state index in [1.807, 2.05) is 77.3 Å². The van der Waals surface area contributed by atoms with Crippen molar-refractivity contribution in [3.05, 3.63) is 115 Å². The van der Waals surface area contributed by atoms with Crippen molar-refractivity contribution in [3.8, 4) is 17.0 Å². The number of fused-ring (bicyclic) bond motifs is 1. The molecule has 5 nitrogen and oxygen atoms in total. The van der Waals surface area contributed by atoms with Crippen LogP contribution < -0.4 is 10.1 Å². The van der Waals surface area contributed by atoms with E-state index in [2.05, 4.69) is 34.6 Å². The van der Waals surface area contributed by atoms with Crippen LogP contribution in [0.25, 0.3) is 17.0 Å². The number of anilines is 1. The van der Waals surface area contributed by atoms with E-state index < -0.39 is 0 Å². The van der Waals surface area contributed by atoms with Gasteiger partial charge in [0.25, 0.3) is 0 Å². The Morgan fingerprint density at radius 3 is 2.39 bits per heavy atom. The number of hydrogen-bond acceptors (Lipinski definition) is 4. The van der Waals surface area contributed by atoms with Crippen molar-refractivity contribution >= 4 is 11.6 Å². The molecule has 0 spiro atoms. The van der Waals surface area contributed by atoms with Crippen LogP contribution in [-0.4, -0.2) is 14.4 Å². The van der Waals surface area contributed by atoms with Crippen molar-refractivity contribution in [2.45, 2.75) is 13.2 Å². The summed E-state index contributed by atoms with van der Waals surface area (Å²) in [7, 11) is 0. The first-order valence-electron chi connectivity index (χ1n) is 10.2. The van der Waals surface area contributed by atoms with Gasteiger partial charge in [0.05, 0.1) is 0 Å². The van der Waals surface area contributed by atoms with Crippen molar-refractivity contribution in [1.82, 2.24) is 14.4 Å². The minimum absolute atomic E-state index is 0.524. The van der Waals surface area contributed by atoms with E-state index in [1.54, 1.807) is 6.20 Å². The summed E-state index contributed by atoms with van der Waals surface area (Å²) < 4.78 is 8.01. The van der Waals surface area contributed by atoms with E-state index in [0.717, 1.165) is 28.4 Å². The Morgan fingerprint density at radius 1 is 0.806 bits per heavy atom. The van der Waals surface area contributed by atoms with Crippen molar-refractivity contribution < 1.29 is 4.74 Å². The van der Waals surface area contributed by atoms with Crippen LogP contribution in [0.1, 0.15) is 11.1 Å². The van der Waals surface area contributed by atoms with Gasteiger partial charge in [-0.3, -0.25) is 4.40 Å². The van der Waals surface area contributed by atoms with Gasteiger partial charge in [0.15, 0.2) is 0 Å². The highest BCUT2D eigenvalue weighted by Gasteiger charge is 2.15. The first-order chi connectivity index (χ1) is 15.4. The number of hydrogen-bond donors (Lipinski definition) is 1. The van der Waals surface area contributed by atoms with E-state index in [1.165, 1.54) is 5.56 Å².